The van der Waals surface area contributed by atoms with Crippen LogP contribution in [0, 0.1) is 22.5 Å². The number of nitrogens with one attached hydrogen (secondary N) is 1. The number of non-ortho nitro benzene ring substituents is 1. The number of nitro groups is 1. The summed E-state index contributed by atoms with van der Waals surface area (Å²) in [5.41, 5.74) is 2.35. The number of fused-ring (bicyclic) bond motifs is 1. The molecule has 0 spiro atoms. The normalized spacial score (nSPS) is 11.3. The number of hydrogen-bond acceptors (Lipinski definition) is 8. The van der Waals surface area contributed by atoms with Crippen LogP contribution in [0.25, 0.3) is 21.5 Å². The first kappa shape index (κ1) is 24.3. The van der Waals surface area contributed by atoms with Gasteiger partial charge in [0.05, 0.1) is 38.9 Å². The summed E-state index contributed by atoms with van der Waals surface area (Å²) in [6, 6.07) is 14.0. The minimum atomic E-state index is -0.484. The molecule has 0 bridgehead atoms. The van der Waals surface area contributed by atoms with Gasteiger partial charge < -0.3 is 9.88 Å². The second kappa shape index (κ2) is 11.1. The van der Waals surface area contributed by atoms with Crippen molar-refractivity contribution in [1.82, 2.24) is 9.55 Å². The summed E-state index contributed by atoms with van der Waals surface area (Å²) in [5, 5.41) is 16.1. The maximum Gasteiger partial charge on any atom is 0.270 e. The van der Waals surface area contributed by atoms with Gasteiger partial charge in [0, 0.05) is 23.1 Å². The smallest absolute Gasteiger partial charge is 0.270 e. The number of terminal acetylenes is 1. The molecule has 2 aromatic heterocycles. The Morgan fingerprint density at radius 1 is 1.23 bits per heavy atom. The van der Waals surface area contributed by atoms with Gasteiger partial charge in [0.15, 0.2) is 9.93 Å². The number of anilines is 1. The summed E-state index contributed by atoms with van der Waals surface area (Å²) in [5.74, 6) is 1.85. The standard InChI is InChI=1S/C23H17N5O4S3/c1-2-10-27-18-9-8-16(28(31)32)11-19(18)35-23(27)26-21(30)14-33-13-20(29)25-22-24-17(12-34-22)15-6-4-3-5-7-15/h1,3-9,11-12H,10,13-14H2,(H,24,25,29). The maximum absolute atomic E-state index is 12.4. The number of amides is 2. The Labute approximate surface area is 211 Å². The van der Waals surface area contributed by atoms with Gasteiger partial charge in [-0.3, -0.25) is 19.7 Å². The van der Waals surface area contributed by atoms with Crippen LogP contribution in [0.1, 0.15) is 0 Å². The molecule has 35 heavy (non-hydrogen) atoms. The van der Waals surface area contributed by atoms with Gasteiger partial charge in [-0.25, -0.2) is 4.98 Å². The summed E-state index contributed by atoms with van der Waals surface area (Å²) >= 11 is 3.60. The molecule has 0 unspecified atom stereocenters. The molecule has 4 rings (SSSR count). The Bertz CT molecular complexity index is 1520. The number of nitrogens with zero attached hydrogens (tertiary/aromatic N) is 4. The highest BCUT2D eigenvalue weighted by atomic mass is 32.2. The third kappa shape index (κ3) is 6.02. The second-order valence-electron chi connectivity index (χ2n) is 7.03. The molecule has 2 heterocycles. The Kier molecular flexibility index (Phi) is 7.71. The highest BCUT2D eigenvalue weighted by molar-refractivity contribution is 8.00. The average molecular weight is 524 g/mol. The van der Waals surface area contributed by atoms with Crippen LogP contribution >= 0.6 is 34.4 Å². The first-order chi connectivity index (χ1) is 16.9. The van der Waals surface area contributed by atoms with Gasteiger partial charge >= 0.3 is 0 Å². The van der Waals surface area contributed by atoms with E-state index in [1.165, 1.54) is 23.5 Å². The van der Waals surface area contributed by atoms with Crippen molar-refractivity contribution in [2.75, 3.05) is 16.8 Å². The molecule has 9 nitrogen and oxygen atoms in total. The predicted molar refractivity (Wildman–Crippen MR) is 139 cm³/mol. The predicted octanol–water partition coefficient (Wildman–Crippen LogP) is 4.17. The van der Waals surface area contributed by atoms with Gasteiger partial charge in [-0.2, -0.15) is 4.99 Å². The van der Waals surface area contributed by atoms with E-state index in [0.717, 1.165) is 34.4 Å². The third-order valence-corrected chi connectivity index (χ3v) is 7.34. The number of benzene rings is 2. The zero-order chi connectivity index (χ0) is 24.8. The third-order valence-electron chi connectivity index (χ3n) is 4.63. The minimum Gasteiger partial charge on any atom is -0.305 e. The van der Waals surface area contributed by atoms with Crippen LogP contribution in [0.3, 0.4) is 0 Å². The molecule has 176 valence electrons. The molecule has 12 heteroatoms. The first-order valence-electron chi connectivity index (χ1n) is 10.1. The van der Waals surface area contributed by atoms with Crippen molar-refractivity contribution in [3.63, 3.8) is 0 Å². The summed E-state index contributed by atoms with van der Waals surface area (Å²) in [6.45, 7) is 0.165. The average Bonchev–Trinajstić information content (AvgIpc) is 3.44. The Hall–Kier alpha value is -3.79. The van der Waals surface area contributed by atoms with E-state index < -0.39 is 10.8 Å². The van der Waals surface area contributed by atoms with Gasteiger partial charge in [0.1, 0.15) is 0 Å². The molecule has 0 atom stereocenters. The van der Waals surface area contributed by atoms with Crippen molar-refractivity contribution in [3.05, 3.63) is 68.8 Å². The van der Waals surface area contributed by atoms with E-state index in [1.54, 1.807) is 10.6 Å². The monoisotopic (exact) mass is 523 g/mol. The lowest BCUT2D eigenvalue weighted by Gasteiger charge is -2.01. The molecule has 0 saturated carbocycles. The topological polar surface area (TPSA) is 119 Å². The van der Waals surface area contributed by atoms with Crippen LogP contribution in [0.15, 0.2) is 58.9 Å². The molecule has 0 aliphatic rings. The quantitative estimate of drug-likeness (QED) is 0.210. The van der Waals surface area contributed by atoms with E-state index in [4.69, 9.17) is 6.42 Å². The fourth-order valence-electron chi connectivity index (χ4n) is 3.10. The van der Waals surface area contributed by atoms with Crippen LogP contribution in [-0.4, -0.2) is 37.8 Å². The van der Waals surface area contributed by atoms with Gasteiger partial charge in [0.25, 0.3) is 11.6 Å². The van der Waals surface area contributed by atoms with Crippen molar-refractivity contribution in [2.45, 2.75) is 6.54 Å². The number of hydrogen-bond donors (Lipinski definition) is 1. The van der Waals surface area contributed by atoms with Crippen molar-refractivity contribution < 1.29 is 14.5 Å². The molecule has 2 aromatic carbocycles. The van der Waals surface area contributed by atoms with Crippen LogP contribution in [-0.2, 0) is 16.1 Å². The number of carbonyl (C=O) groups is 2. The van der Waals surface area contributed by atoms with Gasteiger partial charge in [-0.1, -0.05) is 47.6 Å². The van der Waals surface area contributed by atoms with E-state index in [2.05, 4.69) is 21.2 Å². The molecule has 0 aliphatic carbocycles. The second-order valence-corrected chi connectivity index (χ2v) is 9.89. The maximum atomic E-state index is 12.4. The Balaban J connectivity index is 1.37. The number of thioether (sulfide) groups is 1. The fourth-order valence-corrected chi connectivity index (χ4v) is 5.52. The first-order valence-corrected chi connectivity index (χ1v) is 13.0. The van der Waals surface area contributed by atoms with E-state index in [0.29, 0.717) is 20.1 Å². The van der Waals surface area contributed by atoms with E-state index >= 15 is 0 Å². The lowest BCUT2D eigenvalue weighted by atomic mass is 10.2. The molecule has 4 aromatic rings. The highest BCUT2D eigenvalue weighted by Crippen LogP contribution is 2.25. The van der Waals surface area contributed by atoms with Crippen molar-refractivity contribution in [3.8, 4) is 23.6 Å². The summed E-state index contributed by atoms with van der Waals surface area (Å²) in [7, 11) is 0. The highest BCUT2D eigenvalue weighted by Gasteiger charge is 2.13. The Morgan fingerprint density at radius 2 is 2.03 bits per heavy atom. The summed E-state index contributed by atoms with van der Waals surface area (Å²) in [6.07, 6.45) is 5.45. The van der Waals surface area contributed by atoms with Crippen LogP contribution in [0.2, 0.25) is 0 Å². The molecule has 1 N–H and O–H groups in total. The van der Waals surface area contributed by atoms with E-state index in [9.17, 15) is 19.7 Å². The van der Waals surface area contributed by atoms with Crippen molar-refractivity contribution in [1.29, 1.82) is 0 Å². The number of thiazole rings is 2. The van der Waals surface area contributed by atoms with Crippen LogP contribution < -0.4 is 10.1 Å². The van der Waals surface area contributed by atoms with Gasteiger partial charge in [0.2, 0.25) is 5.91 Å². The summed E-state index contributed by atoms with van der Waals surface area (Å²) < 4.78 is 2.26. The van der Waals surface area contributed by atoms with Gasteiger partial charge in [-0.15, -0.1) is 29.5 Å². The number of aromatic nitrogens is 2. The molecule has 0 radical (unpaired) electrons. The van der Waals surface area contributed by atoms with Crippen molar-refractivity contribution >= 4 is 67.3 Å². The molecule has 0 aliphatic heterocycles. The van der Waals surface area contributed by atoms with Crippen LogP contribution in [0.4, 0.5) is 10.8 Å². The minimum absolute atomic E-state index is 0.00893. The Morgan fingerprint density at radius 3 is 2.77 bits per heavy atom. The number of rotatable bonds is 8. The molecular formula is C23H17N5O4S3. The fraction of sp³-hybridized carbons (Fsp3) is 0.130. The number of carbonyl (C=O) groups excluding carboxylic acids is 2. The molecular weight excluding hydrogens is 506 g/mol. The lowest BCUT2D eigenvalue weighted by molar-refractivity contribution is -0.384. The zero-order valence-corrected chi connectivity index (χ0v) is 20.5. The van der Waals surface area contributed by atoms with Gasteiger partial charge in [-0.05, 0) is 6.07 Å². The van der Waals surface area contributed by atoms with Crippen LogP contribution in [0.5, 0.6) is 0 Å². The molecule has 0 fully saturated rings. The van der Waals surface area contributed by atoms with Crippen molar-refractivity contribution in [2.24, 2.45) is 4.99 Å². The summed E-state index contributed by atoms with van der Waals surface area (Å²) in [4.78, 5) is 44.1. The number of nitro benzene ring substituents is 1. The zero-order valence-electron chi connectivity index (χ0n) is 18.0. The molecule has 2 amide bonds. The van der Waals surface area contributed by atoms with E-state index in [-0.39, 0.29) is 29.6 Å². The van der Waals surface area contributed by atoms with E-state index in [1.807, 2.05) is 35.7 Å². The lowest BCUT2D eigenvalue weighted by Crippen LogP contribution is -2.18. The largest absolute Gasteiger partial charge is 0.305 e. The SMILES string of the molecule is C#CCn1c(=NC(=O)CSCC(=O)Nc2nc(-c3ccccc3)cs2)sc2cc([N+](=O)[O-])ccc21. The molecule has 0 saturated heterocycles.